The normalized spacial score (nSPS) is 29.4. The Morgan fingerprint density at radius 1 is 1.16 bits per heavy atom. The van der Waals surface area contributed by atoms with Gasteiger partial charge < -0.3 is 29.6 Å². The highest BCUT2D eigenvalue weighted by molar-refractivity contribution is 8.03. The molecule has 44 heavy (non-hydrogen) atoms. The van der Waals surface area contributed by atoms with Crippen LogP contribution in [0.2, 0.25) is 0 Å². The number of aliphatic hydroxyl groups is 1. The van der Waals surface area contributed by atoms with Crippen molar-refractivity contribution in [2.24, 2.45) is 11.8 Å². The largest absolute Gasteiger partial charge is 0.477 e. The van der Waals surface area contributed by atoms with Crippen molar-refractivity contribution in [3.05, 3.63) is 50.5 Å². The van der Waals surface area contributed by atoms with E-state index in [9.17, 15) is 39.5 Å². The van der Waals surface area contributed by atoms with Crippen LogP contribution >= 0.6 is 11.8 Å². The van der Waals surface area contributed by atoms with Crippen molar-refractivity contribution in [1.29, 1.82) is 0 Å². The Morgan fingerprint density at radius 2 is 1.84 bits per heavy atom. The highest BCUT2D eigenvalue weighted by atomic mass is 32.2. The van der Waals surface area contributed by atoms with Gasteiger partial charge in [-0.1, -0.05) is 6.92 Å². The molecule has 0 aliphatic carbocycles. The number of nitro groups is 1. The number of thioether (sulfide) groups is 1. The summed E-state index contributed by atoms with van der Waals surface area (Å²) in [7, 11) is 1.99. The summed E-state index contributed by atoms with van der Waals surface area (Å²) in [4.78, 5) is 69.8. The molecule has 0 spiro atoms. The van der Waals surface area contributed by atoms with Crippen molar-refractivity contribution < 1.29 is 39.1 Å². The van der Waals surface area contributed by atoms with Gasteiger partial charge in [-0.15, -0.1) is 11.8 Å². The molecule has 0 bridgehead atoms. The van der Waals surface area contributed by atoms with E-state index in [1.807, 2.05) is 20.9 Å². The third-order valence-electron chi connectivity index (χ3n) is 9.17. The van der Waals surface area contributed by atoms with Gasteiger partial charge in [-0.25, -0.2) is 9.59 Å². The molecule has 4 aliphatic rings. The molecule has 1 unspecified atom stereocenters. The van der Waals surface area contributed by atoms with Crippen LogP contribution in [0.5, 0.6) is 0 Å². The summed E-state index contributed by atoms with van der Waals surface area (Å²) < 4.78 is 5.56. The lowest BCUT2D eigenvalue weighted by atomic mass is 9.79. The molecule has 5 rings (SSSR count). The number of aliphatic hydroxyl groups excluding tert-OH is 1. The molecule has 0 saturated carbocycles. The molecule has 4 heterocycles. The fourth-order valence-electron chi connectivity index (χ4n) is 6.58. The van der Waals surface area contributed by atoms with Crippen molar-refractivity contribution in [2.45, 2.75) is 63.3 Å². The van der Waals surface area contributed by atoms with Crippen LogP contribution in [0.25, 0.3) is 0 Å². The lowest BCUT2D eigenvalue weighted by molar-refractivity contribution is -0.384. The van der Waals surface area contributed by atoms with Crippen LogP contribution in [0.3, 0.4) is 0 Å². The predicted octanol–water partition coefficient (Wildman–Crippen LogP) is 1.72. The number of rotatable bonds is 8. The van der Waals surface area contributed by atoms with Crippen molar-refractivity contribution >= 4 is 41.3 Å². The highest BCUT2D eigenvalue weighted by Crippen LogP contribution is 2.52. The van der Waals surface area contributed by atoms with Gasteiger partial charge in [-0.05, 0) is 45.0 Å². The molecular formula is C29H37N5O9S. The lowest BCUT2D eigenvalue weighted by Crippen LogP contribution is -2.63. The molecule has 2 N–H and O–H groups in total. The van der Waals surface area contributed by atoms with E-state index < -0.39 is 47.0 Å². The maximum Gasteiger partial charge on any atom is 0.410 e. The predicted molar refractivity (Wildman–Crippen MR) is 158 cm³/mol. The van der Waals surface area contributed by atoms with Gasteiger partial charge in [0.2, 0.25) is 11.8 Å². The Morgan fingerprint density at radius 3 is 2.43 bits per heavy atom. The van der Waals surface area contributed by atoms with Gasteiger partial charge in [-0.3, -0.25) is 24.6 Å². The minimum absolute atomic E-state index is 0.0889. The van der Waals surface area contributed by atoms with Gasteiger partial charge in [0, 0.05) is 60.4 Å². The summed E-state index contributed by atoms with van der Waals surface area (Å²) in [6, 6.07) is 4.46. The number of aliphatic carboxylic acids is 1. The summed E-state index contributed by atoms with van der Waals surface area (Å²) in [6.07, 6.45) is -1.38. The second-order valence-electron chi connectivity index (χ2n) is 12.0. The number of hydrogen-bond acceptors (Lipinski definition) is 10. The highest BCUT2D eigenvalue weighted by Gasteiger charge is 2.60. The third-order valence-corrected chi connectivity index (χ3v) is 10.7. The van der Waals surface area contributed by atoms with Crippen LogP contribution in [-0.4, -0.2) is 121 Å². The molecule has 0 radical (unpaired) electrons. The van der Waals surface area contributed by atoms with Crippen LogP contribution < -0.4 is 0 Å². The van der Waals surface area contributed by atoms with Crippen LogP contribution in [-0.2, 0) is 25.7 Å². The van der Waals surface area contributed by atoms with Crippen molar-refractivity contribution in [3.63, 3.8) is 0 Å². The van der Waals surface area contributed by atoms with Gasteiger partial charge in [0.25, 0.3) is 5.69 Å². The van der Waals surface area contributed by atoms with E-state index in [1.54, 1.807) is 4.90 Å². The van der Waals surface area contributed by atoms with Gasteiger partial charge >= 0.3 is 12.1 Å². The minimum atomic E-state index is -1.24. The Kier molecular flexibility index (Phi) is 8.92. The summed E-state index contributed by atoms with van der Waals surface area (Å²) in [6.45, 7) is 7.03. The third kappa shape index (κ3) is 5.75. The number of hydrogen-bond donors (Lipinski definition) is 2. The SMILES string of the molecule is CC1CN(C(=O)[C@@H]2C[C@H](SC3=C(C(=O)O)N4C(=O)[C@H]([C@@H](C)O)[C@H]4[C@H]3C)CN2C(=O)OCc2ccc([N+](=O)[O-])cc2)CCN1C. The maximum atomic E-state index is 13.8. The Balaban J connectivity index is 1.35. The molecule has 4 aliphatic heterocycles. The monoisotopic (exact) mass is 631 g/mol. The number of ether oxygens (including phenoxy) is 1. The van der Waals surface area contributed by atoms with E-state index in [0.29, 0.717) is 30.1 Å². The van der Waals surface area contributed by atoms with Crippen molar-refractivity contribution in [1.82, 2.24) is 19.6 Å². The molecule has 15 heteroatoms. The van der Waals surface area contributed by atoms with E-state index >= 15 is 0 Å². The first kappa shape index (κ1) is 31.7. The first-order valence-corrected chi connectivity index (χ1v) is 15.5. The van der Waals surface area contributed by atoms with E-state index in [1.165, 1.54) is 52.8 Å². The van der Waals surface area contributed by atoms with Gasteiger partial charge in [-0.2, -0.15) is 0 Å². The fourth-order valence-corrected chi connectivity index (χ4v) is 8.10. The summed E-state index contributed by atoms with van der Waals surface area (Å²) in [5.41, 5.74) is 0.348. The number of β-lactam (4-membered cyclic amide) rings is 1. The standard InChI is InChI=1S/C29H37N5O9S/c1-15-12-31(10-9-30(15)4)26(36)21-11-20(13-32(21)29(40)43-14-18-5-7-19(8-6-18)34(41)42)44-25-16(2)23-22(17(3)35)27(37)33(23)24(25)28(38)39/h5-8,15-17,20-23,35H,9-14H2,1-4H3,(H,38,39)/t15?,16-,17-,20+,21+,22-,23-/m1/s1. The molecule has 7 atom stereocenters. The number of fused-ring (bicyclic) bond motifs is 1. The average Bonchev–Trinajstić information content (AvgIpc) is 3.50. The Labute approximate surface area is 258 Å². The zero-order valence-electron chi connectivity index (χ0n) is 25.0. The number of benzene rings is 1. The topological polar surface area (TPSA) is 174 Å². The number of nitrogens with zero attached hydrogens (tertiary/aromatic N) is 5. The number of amides is 3. The molecule has 238 valence electrons. The van der Waals surface area contributed by atoms with Gasteiger partial charge in [0.05, 0.1) is 23.0 Å². The first-order valence-electron chi connectivity index (χ1n) is 14.6. The van der Waals surface area contributed by atoms with Crippen LogP contribution in [0, 0.1) is 22.0 Å². The molecule has 0 aromatic heterocycles. The maximum absolute atomic E-state index is 13.8. The quantitative estimate of drug-likeness (QED) is 0.243. The van der Waals surface area contributed by atoms with Crippen LogP contribution in [0.15, 0.2) is 34.9 Å². The van der Waals surface area contributed by atoms with E-state index in [-0.39, 0.29) is 54.1 Å². The molecular weight excluding hydrogens is 594 g/mol. The summed E-state index contributed by atoms with van der Waals surface area (Å²) in [5, 5.41) is 30.8. The number of likely N-dealkylation sites (tertiary alicyclic amines) is 1. The zero-order valence-corrected chi connectivity index (χ0v) is 25.8. The Bertz CT molecular complexity index is 1390. The summed E-state index contributed by atoms with van der Waals surface area (Å²) >= 11 is 1.26. The van der Waals surface area contributed by atoms with Crippen molar-refractivity contribution in [2.75, 3.05) is 33.2 Å². The van der Waals surface area contributed by atoms with E-state index in [2.05, 4.69) is 4.90 Å². The van der Waals surface area contributed by atoms with Gasteiger partial charge in [0.1, 0.15) is 18.3 Å². The molecule has 3 amide bonds. The zero-order chi connectivity index (χ0) is 32.0. The number of nitro benzene ring substituents is 1. The number of piperazine rings is 1. The van der Waals surface area contributed by atoms with Crippen LogP contribution in [0.4, 0.5) is 10.5 Å². The number of carbonyl (C=O) groups is 4. The smallest absolute Gasteiger partial charge is 0.410 e. The second kappa shape index (κ2) is 12.4. The lowest BCUT2D eigenvalue weighted by Gasteiger charge is -2.46. The molecule has 3 saturated heterocycles. The number of carboxylic acids is 1. The van der Waals surface area contributed by atoms with Crippen molar-refractivity contribution in [3.8, 4) is 0 Å². The van der Waals surface area contributed by atoms with Gasteiger partial charge in [0.15, 0.2) is 0 Å². The number of carbonyl (C=O) groups excluding carboxylic acids is 3. The average molecular weight is 632 g/mol. The molecule has 1 aromatic carbocycles. The van der Waals surface area contributed by atoms with Crippen LogP contribution in [0.1, 0.15) is 32.8 Å². The Hall–Kier alpha value is -3.69. The summed E-state index contributed by atoms with van der Waals surface area (Å²) in [5.74, 6) is -2.92. The second-order valence-corrected chi connectivity index (χ2v) is 13.3. The number of carboxylic acid groups (broad SMARTS) is 1. The number of non-ortho nitro benzene ring substituents is 1. The molecule has 1 aromatic rings. The molecule has 14 nitrogen and oxygen atoms in total. The van der Waals surface area contributed by atoms with E-state index in [0.717, 1.165) is 0 Å². The fraction of sp³-hybridized carbons (Fsp3) is 0.586. The number of likely N-dealkylation sites (N-methyl/N-ethyl adjacent to an activating group) is 1. The first-order chi connectivity index (χ1) is 20.8. The van der Waals surface area contributed by atoms with E-state index in [4.69, 9.17) is 4.74 Å². The molecule has 3 fully saturated rings. The minimum Gasteiger partial charge on any atom is -0.477 e.